The van der Waals surface area contributed by atoms with Gasteiger partial charge in [-0.25, -0.2) is 9.37 Å². The number of rotatable bonds is 4. The smallest absolute Gasteiger partial charge is 0.421 e. The summed E-state index contributed by atoms with van der Waals surface area (Å²) in [6, 6.07) is 3.33. The van der Waals surface area contributed by atoms with Crippen LogP contribution in [0, 0.1) is 5.82 Å². The van der Waals surface area contributed by atoms with E-state index in [4.69, 9.17) is 0 Å². The summed E-state index contributed by atoms with van der Waals surface area (Å²) >= 11 is 0. The number of ether oxygens (including phenoxy) is 2. The van der Waals surface area contributed by atoms with Gasteiger partial charge in [-0.05, 0) is 59.7 Å². The minimum atomic E-state index is -4.84. The van der Waals surface area contributed by atoms with Crippen LogP contribution in [-0.2, 0) is 0 Å². The zero-order valence-electron chi connectivity index (χ0n) is 19.3. The Hall–Kier alpha value is -2.89. The summed E-state index contributed by atoms with van der Waals surface area (Å²) in [6.07, 6.45) is -7.15. The number of alkyl halides is 4. The summed E-state index contributed by atoms with van der Waals surface area (Å²) in [5.74, 6) is -1.82. The Morgan fingerprint density at radius 3 is 2.18 bits per heavy atom. The SMILES string of the molecule is CN1C(C)(C)CC(Nc2nc(Nc3ccc4c(c3)OC(F)(F)C(F)(F)O4)ncc2F)CC1(C)C. The Morgan fingerprint density at radius 2 is 1.56 bits per heavy atom. The largest absolute Gasteiger partial charge is 0.507 e. The highest BCUT2D eigenvalue weighted by molar-refractivity contribution is 5.61. The van der Waals surface area contributed by atoms with Gasteiger partial charge in [-0.15, -0.1) is 0 Å². The van der Waals surface area contributed by atoms with Gasteiger partial charge in [0, 0.05) is 28.9 Å². The van der Waals surface area contributed by atoms with Crippen molar-refractivity contribution in [2.75, 3.05) is 17.7 Å². The predicted octanol–water partition coefficient (Wildman–Crippen LogP) is 5.38. The fourth-order valence-corrected chi connectivity index (χ4v) is 4.47. The lowest BCUT2D eigenvalue weighted by Gasteiger charge is -2.53. The number of fused-ring (bicyclic) bond motifs is 1. The molecule has 0 spiro atoms. The molecule has 0 amide bonds. The van der Waals surface area contributed by atoms with Gasteiger partial charge in [0.2, 0.25) is 5.95 Å². The second-order valence-electron chi connectivity index (χ2n) is 9.85. The quantitative estimate of drug-likeness (QED) is 0.561. The molecule has 1 aromatic heterocycles. The first-order chi connectivity index (χ1) is 15.6. The molecule has 186 valence electrons. The molecule has 0 bridgehead atoms. The fourth-order valence-electron chi connectivity index (χ4n) is 4.47. The minimum absolute atomic E-state index is 0.0117. The van der Waals surface area contributed by atoms with Crippen LogP contribution in [0.5, 0.6) is 11.5 Å². The molecule has 2 aliphatic heterocycles. The molecule has 3 heterocycles. The lowest BCUT2D eigenvalue weighted by Crippen LogP contribution is -2.61. The van der Waals surface area contributed by atoms with Gasteiger partial charge < -0.3 is 20.1 Å². The van der Waals surface area contributed by atoms with E-state index >= 15 is 0 Å². The van der Waals surface area contributed by atoms with Crippen LogP contribution < -0.4 is 20.1 Å². The van der Waals surface area contributed by atoms with Crippen molar-refractivity contribution in [3.8, 4) is 11.5 Å². The summed E-state index contributed by atoms with van der Waals surface area (Å²) in [6.45, 7) is 8.47. The lowest BCUT2D eigenvalue weighted by molar-refractivity contribution is -0.391. The second kappa shape index (κ2) is 7.82. The zero-order valence-corrected chi connectivity index (χ0v) is 19.3. The maximum Gasteiger partial charge on any atom is 0.507 e. The molecule has 1 saturated heterocycles. The van der Waals surface area contributed by atoms with Crippen LogP contribution in [0.1, 0.15) is 40.5 Å². The van der Waals surface area contributed by atoms with E-state index in [0.717, 1.165) is 31.2 Å². The first-order valence-corrected chi connectivity index (χ1v) is 10.7. The normalized spacial score (nSPS) is 22.8. The molecule has 0 saturated carbocycles. The van der Waals surface area contributed by atoms with Crippen LogP contribution in [-0.4, -0.2) is 51.3 Å². The van der Waals surface area contributed by atoms with Crippen molar-refractivity contribution in [3.63, 3.8) is 0 Å². The summed E-state index contributed by atoms with van der Waals surface area (Å²) in [4.78, 5) is 10.3. The van der Waals surface area contributed by atoms with E-state index in [0.29, 0.717) is 0 Å². The Balaban J connectivity index is 1.53. The Morgan fingerprint density at radius 1 is 0.971 bits per heavy atom. The standard InChI is InChI=1S/C22H26F5N5O2/c1-19(2)9-13(10-20(3,4)32(19)5)29-17-14(23)11-28-18(31-17)30-12-6-7-15-16(8-12)34-22(26,27)21(24,25)33-15/h6-8,11,13H,9-10H2,1-5H3,(H2,28,29,30,31). The monoisotopic (exact) mass is 487 g/mol. The number of benzene rings is 1. The molecule has 7 nitrogen and oxygen atoms in total. The third kappa shape index (κ3) is 4.42. The molecular formula is C22H26F5N5O2. The van der Waals surface area contributed by atoms with E-state index in [-0.39, 0.29) is 34.6 Å². The third-order valence-electron chi connectivity index (χ3n) is 6.41. The molecule has 0 atom stereocenters. The number of halogens is 5. The lowest BCUT2D eigenvalue weighted by atomic mass is 9.77. The average molecular weight is 487 g/mol. The highest BCUT2D eigenvalue weighted by Crippen LogP contribution is 2.47. The van der Waals surface area contributed by atoms with Crippen LogP contribution >= 0.6 is 0 Å². The number of nitrogens with one attached hydrogen (secondary N) is 2. The Kier molecular flexibility index (Phi) is 5.58. The number of hydrogen-bond donors (Lipinski definition) is 2. The first-order valence-electron chi connectivity index (χ1n) is 10.7. The van der Waals surface area contributed by atoms with Gasteiger partial charge in [-0.2, -0.15) is 22.5 Å². The van der Waals surface area contributed by atoms with Gasteiger partial charge >= 0.3 is 12.2 Å². The molecule has 34 heavy (non-hydrogen) atoms. The Bertz CT molecular complexity index is 1080. The van der Waals surface area contributed by atoms with Crippen LogP contribution in [0.15, 0.2) is 24.4 Å². The number of anilines is 3. The number of likely N-dealkylation sites (tertiary alicyclic amines) is 1. The van der Waals surface area contributed by atoms with Crippen LogP contribution in [0.25, 0.3) is 0 Å². The minimum Gasteiger partial charge on any atom is -0.421 e. The molecule has 1 fully saturated rings. The molecule has 2 aliphatic rings. The summed E-state index contributed by atoms with van der Waals surface area (Å²) in [5, 5.41) is 5.90. The van der Waals surface area contributed by atoms with Crippen LogP contribution in [0.2, 0.25) is 0 Å². The van der Waals surface area contributed by atoms with E-state index in [1.54, 1.807) is 0 Å². The van der Waals surface area contributed by atoms with E-state index in [2.05, 4.69) is 69.7 Å². The molecule has 1 aromatic carbocycles. The van der Waals surface area contributed by atoms with Gasteiger partial charge in [0.15, 0.2) is 23.1 Å². The maximum atomic E-state index is 14.5. The van der Waals surface area contributed by atoms with Crippen molar-refractivity contribution in [1.82, 2.24) is 14.9 Å². The third-order valence-corrected chi connectivity index (χ3v) is 6.41. The van der Waals surface area contributed by atoms with Crippen molar-refractivity contribution in [2.24, 2.45) is 0 Å². The first kappa shape index (κ1) is 24.2. The van der Waals surface area contributed by atoms with Crippen molar-refractivity contribution >= 4 is 17.5 Å². The molecule has 2 N–H and O–H groups in total. The zero-order chi connectivity index (χ0) is 25.1. The van der Waals surface area contributed by atoms with Gasteiger partial charge in [0.1, 0.15) is 0 Å². The van der Waals surface area contributed by atoms with Gasteiger partial charge in [-0.3, -0.25) is 4.90 Å². The van der Waals surface area contributed by atoms with Crippen LogP contribution in [0.4, 0.5) is 39.4 Å². The molecule has 0 unspecified atom stereocenters. The number of aromatic nitrogens is 2. The molecule has 2 aromatic rings. The number of piperidine rings is 1. The summed E-state index contributed by atoms with van der Waals surface area (Å²) in [7, 11) is 2.06. The van der Waals surface area contributed by atoms with E-state index in [1.165, 1.54) is 6.07 Å². The second-order valence-corrected chi connectivity index (χ2v) is 9.85. The number of hydrogen-bond acceptors (Lipinski definition) is 7. The van der Waals surface area contributed by atoms with E-state index < -0.39 is 29.5 Å². The van der Waals surface area contributed by atoms with Crippen molar-refractivity contribution in [2.45, 2.75) is 69.9 Å². The van der Waals surface area contributed by atoms with Gasteiger partial charge in [0.05, 0.1) is 6.20 Å². The molecule has 12 heteroatoms. The van der Waals surface area contributed by atoms with Crippen molar-refractivity contribution < 1.29 is 31.4 Å². The summed E-state index contributed by atoms with van der Waals surface area (Å²) in [5.41, 5.74) is -0.107. The van der Waals surface area contributed by atoms with E-state index in [1.807, 2.05) is 0 Å². The van der Waals surface area contributed by atoms with Gasteiger partial charge in [0.25, 0.3) is 0 Å². The topological polar surface area (TPSA) is 71.5 Å². The maximum absolute atomic E-state index is 14.5. The molecule has 0 aliphatic carbocycles. The summed E-state index contributed by atoms with van der Waals surface area (Å²) < 4.78 is 76.3. The average Bonchev–Trinajstić information content (AvgIpc) is 2.69. The van der Waals surface area contributed by atoms with Crippen molar-refractivity contribution in [3.05, 3.63) is 30.2 Å². The highest BCUT2D eigenvalue weighted by Gasteiger charge is 2.66. The molecule has 4 rings (SSSR count). The van der Waals surface area contributed by atoms with Gasteiger partial charge in [-0.1, -0.05) is 0 Å². The Labute approximate surface area is 193 Å². The fraction of sp³-hybridized carbons (Fsp3) is 0.545. The molecule has 0 radical (unpaired) electrons. The predicted molar refractivity (Wildman–Crippen MR) is 115 cm³/mol. The van der Waals surface area contributed by atoms with E-state index in [9.17, 15) is 22.0 Å². The number of nitrogens with zero attached hydrogens (tertiary/aromatic N) is 3. The van der Waals surface area contributed by atoms with Crippen LogP contribution in [0.3, 0.4) is 0 Å². The molecular weight excluding hydrogens is 461 g/mol. The van der Waals surface area contributed by atoms with Crippen molar-refractivity contribution in [1.29, 1.82) is 0 Å². The highest BCUT2D eigenvalue weighted by atomic mass is 19.3.